The van der Waals surface area contributed by atoms with Crippen molar-refractivity contribution in [2.45, 2.75) is 52.1 Å². The van der Waals surface area contributed by atoms with E-state index in [0.717, 1.165) is 38.2 Å². The highest BCUT2D eigenvalue weighted by Crippen LogP contribution is 2.13. The molecule has 0 fully saturated rings. The van der Waals surface area contributed by atoms with E-state index in [1.165, 1.54) is 24.3 Å². The molecule has 26 heavy (non-hydrogen) atoms. The Hall–Kier alpha value is -2.70. The predicted molar refractivity (Wildman–Crippen MR) is 97.4 cm³/mol. The second-order valence-corrected chi connectivity index (χ2v) is 5.36. The van der Waals surface area contributed by atoms with Gasteiger partial charge in [0.25, 0.3) is 0 Å². The number of aliphatic carboxylic acids is 1. The molecule has 2 N–H and O–H groups in total. The lowest BCUT2D eigenvalue weighted by Gasteiger charge is -2.16. The van der Waals surface area contributed by atoms with E-state index < -0.39 is 11.9 Å². The van der Waals surface area contributed by atoms with Gasteiger partial charge in [0.15, 0.2) is 0 Å². The van der Waals surface area contributed by atoms with Gasteiger partial charge in [-0.15, -0.1) is 0 Å². The van der Waals surface area contributed by atoms with Gasteiger partial charge in [0.05, 0.1) is 11.1 Å². The summed E-state index contributed by atoms with van der Waals surface area (Å²) >= 11 is 0. The van der Waals surface area contributed by atoms with Crippen molar-refractivity contribution in [1.29, 1.82) is 0 Å². The van der Waals surface area contributed by atoms with Crippen LogP contribution in [0.25, 0.3) is 0 Å². The third kappa shape index (κ3) is 11.0. The van der Waals surface area contributed by atoms with Gasteiger partial charge in [0.1, 0.15) is 6.10 Å². The van der Waals surface area contributed by atoms with Gasteiger partial charge >= 0.3 is 17.9 Å². The van der Waals surface area contributed by atoms with E-state index in [2.05, 4.69) is 13.5 Å². The maximum Gasteiger partial charge on any atom is 0.338 e. The Morgan fingerprint density at radius 1 is 1.08 bits per heavy atom. The molecule has 0 saturated carbocycles. The van der Waals surface area contributed by atoms with Crippen molar-refractivity contribution in [1.82, 2.24) is 0 Å². The summed E-state index contributed by atoms with van der Waals surface area (Å²) in [5, 5.41) is 16.4. The normalized spacial score (nSPS) is 10.4. The average Bonchev–Trinajstić information content (AvgIpc) is 2.61. The Morgan fingerprint density at radius 3 is 1.96 bits per heavy atom. The lowest BCUT2D eigenvalue weighted by molar-refractivity contribution is -0.131. The number of rotatable bonds is 9. The Bertz CT molecular complexity index is 568. The topological polar surface area (TPSA) is 101 Å². The number of ether oxygens (including phenoxy) is 1. The molecule has 0 aromatic heterocycles. The highest BCUT2D eigenvalue weighted by atomic mass is 19.0. The lowest BCUT2D eigenvalue weighted by atomic mass is 10.1. The number of halogens is 1. The van der Waals surface area contributed by atoms with Crippen molar-refractivity contribution in [3.8, 4) is 0 Å². The quantitative estimate of drug-likeness (QED) is 0.382. The first-order valence-electron chi connectivity index (χ1n) is 8.25. The first kappa shape index (κ1) is 25.5. The van der Waals surface area contributed by atoms with Crippen LogP contribution in [0.2, 0.25) is 0 Å². The molecule has 0 bridgehead atoms. The van der Waals surface area contributed by atoms with Crippen molar-refractivity contribution in [2.24, 2.45) is 0 Å². The van der Waals surface area contributed by atoms with Gasteiger partial charge in [-0.25, -0.2) is 14.4 Å². The molecule has 0 radical (unpaired) electrons. The van der Waals surface area contributed by atoms with Crippen LogP contribution in [0.3, 0.4) is 0 Å². The van der Waals surface area contributed by atoms with Crippen LogP contribution in [-0.4, -0.2) is 34.2 Å². The van der Waals surface area contributed by atoms with Gasteiger partial charge in [0.2, 0.25) is 0 Å². The summed E-state index contributed by atoms with van der Waals surface area (Å²) in [5.41, 5.74) is 0.556. The zero-order valence-electron chi connectivity index (χ0n) is 15.1. The van der Waals surface area contributed by atoms with Gasteiger partial charge in [-0.1, -0.05) is 33.3 Å². The maximum atomic E-state index is 12.0. The van der Waals surface area contributed by atoms with Gasteiger partial charge in [-0.2, -0.15) is 0 Å². The number of carbonyl (C=O) groups is 3. The van der Waals surface area contributed by atoms with Crippen LogP contribution in [0.4, 0.5) is 4.70 Å². The minimum absolute atomic E-state index is 0. The summed E-state index contributed by atoms with van der Waals surface area (Å²) < 4.78 is 5.45. The molecule has 0 aliphatic carbocycles. The Labute approximate surface area is 152 Å². The van der Waals surface area contributed by atoms with Crippen molar-refractivity contribution in [3.63, 3.8) is 0 Å². The highest BCUT2D eigenvalue weighted by Gasteiger charge is 2.14. The molecule has 1 aromatic rings. The number of carboxylic acid groups (broad SMARTS) is 2. The molecule has 0 saturated heterocycles. The van der Waals surface area contributed by atoms with Crippen molar-refractivity contribution < 1.29 is 34.0 Å². The standard InChI is InChI=1S/C16H22O4.C3H4O2.FH/c1-3-5-6-7-14(4-2)20-16(19)13-10-8-12(9-11-13)15(17)18;1-2-3(4)5;/h8-11,14H,3-7H2,1-2H3,(H,17,18);2H,1H2,(H,4,5);1H. The molecule has 0 spiro atoms. The van der Waals surface area contributed by atoms with Gasteiger partial charge in [0, 0.05) is 6.08 Å². The number of carboxylic acids is 2. The van der Waals surface area contributed by atoms with Crippen LogP contribution in [-0.2, 0) is 9.53 Å². The van der Waals surface area contributed by atoms with Crippen LogP contribution in [0.1, 0.15) is 66.7 Å². The van der Waals surface area contributed by atoms with E-state index in [4.69, 9.17) is 14.9 Å². The molecule has 0 heterocycles. The number of aromatic carboxylic acids is 1. The lowest BCUT2D eigenvalue weighted by Crippen LogP contribution is -2.17. The molecule has 0 aliphatic heterocycles. The minimum Gasteiger partial charge on any atom is -0.478 e. The fraction of sp³-hybridized carbons (Fsp3) is 0.421. The summed E-state index contributed by atoms with van der Waals surface area (Å²) in [4.78, 5) is 31.9. The third-order valence-corrected chi connectivity index (χ3v) is 3.40. The van der Waals surface area contributed by atoms with Crippen LogP contribution in [0, 0.1) is 0 Å². The number of carbonyl (C=O) groups excluding carboxylic acids is 1. The van der Waals surface area contributed by atoms with E-state index in [1.54, 1.807) is 0 Å². The first-order valence-corrected chi connectivity index (χ1v) is 8.25. The van der Waals surface area contributed by atoms with Crippen LogP contribution in [0.15, 0.2) is 36.9 Å². The first-order chi connectivity index (χ1) is 11.8. The van der Waals surface area contributed by atoms with E-state index >= 15 is 0 Å². The van der Waals surface area contributed by atoms with Gasteiger partial charge < -0.3 is 14.9 Å². The molecule has 1 unspecified atom stereocenters. The van der Waals surface area contributed by atoms with E-state index in [0.29, 0.717) is 5.56 Å². The monoisotopic (exact) mass is 370 g/mol. The van der Waals surface area contributed by atoms with Crippen molar-refractivity contribution in [2.75, 3.05) is 0 Å². The summed E-state index contributed by atoms with van der Waals surface area (Å²) in [6.07, 6.45) is 5.78. The smallest absolute Gasteiger partial charge is 0.338 e. The molecule has 1 rings (SSSR count). The van der Waals surface area contributed by atoms with Crippen molar-refractivity contribution in [3.05, 3.63) is 48.0 Å². The zero-order valence-corrected chi connectivity index (χ0v) is 15.1. The maximum absolute atomic E-state index is 12.0. The van der Waals surface area contributed by atoms with E-state index in [1.807, 2.05) is 6.92 Å². The summed E-state index contributed by atoms with van der Waals surface area (Å²) in [6, 6.07) is 5.81. The Morgan fingerprint density at radius 2 is 1.58 bits per heavy atom. The molecule has 1 atom stereocenters. The average molecular weight is 370 g/mol. The van der Waals surface area contributed by atoms with Gasteiger partial charge in [-0.05, 0) is 43.5 Å². The summed E-state index contributed by atoms with van der Waals surface area (Å²) in [6.45, 7) is 7.09. The predicted octanol–water partition coefficient (Wildman–Crippen LogP) is 4.31. The second-order valence-electron chi connectivity index (χ2n) is 5.36. The number of hydrogen-bond acceptors (Lipinski definition) is 4. The Kier molecular flexibility index (Phi) is 14.4. The third-order valence-electron chi connectivity index (χ3n) is 3.40. The summed E-state index contributed by atoms with van der Waals surface area (Å²) in [5.74, 6) is -2.37. The number of benzene rings is 1. The van der Waals surface area contributed by atoms with E-state index in [-0.39, 0.29) is 22.3 Å². The SMILES string of the molecule is C=CC(=O)O.CCCCCC(CC)OC(=O)c1ccc(C(=O)O)cc1.F. The fourth-order valence-electron chi connectivity index (χ4n) is 1.94. The largest absolute Gasteiger partial charge is 0.478 e. The molecule has 0 aliphatic rings. The minimum atomic E-state index is -1.00. The van der Waals surface area contributed by atoms with Crippen LogP contribution >= 0.6 is 0 Å². The second kappa shape index (κ2) is 14.6. The Balaban J connectivity index is 0. The zero-order chi connectivity index (χ0) is 19.2. The summed E-state index contributed by atoms with van der Waals surface area (Å²) in [7, 11) is 0. The number of hydrogen-bond donors (Lipinski definition) is 2. The van der Waals surface area contributed by atoms with E-state index in [9.17, 15) is 14.4 Å². The molecule has 7 heteroatoms. The van der Waals surface area contributed by atoms with Crippen LogP contribution in [0.5, 0.6) is 0 Å². The molecule has 1 aromatic carbocycles. The molecular formula is C19H27FO6. The molecule has 6 nitrogen and oxygen atoms in total. The van der Waals surface area contributed by atoms with Crippen molar-refractivity contribution >= 4 is 17.9 Å². The molecule has 146 valence electrons. The highest BCUT2D eigenvalue weighted by molar-refractivity contribution is 5.92. The van der Waals surface area contributed by atoms with Crippen LogP contribution < -0.4 is 0 Å². The molecular weight excluding hydrogens is 343 g/mol. The fourth-order valence-corrected chi connectivity index (χ4v) is 1.94. The molecule has 0 amide bonds. The number of esters is 1. The number of unbranched alkanes of at least 4 members (excludes halogenated alkanes) is 2. The van der Waals surface area contributed by atoms with Gasteiger partial charge in [-0.3, -0.25) is 4.70 Å².